The maximum absolute atomic E-state index is 5.98. The summed E-state index contributed by atoms with van der Waals surface area (Å²) in [5, 5.41) is 0. The van der Waals surface area contributed by atoms with E-state index in [1.54, 1.807) is 0 Å². The SMILES string of the molecule is NCC1(C2(c3ccccc3Br)COC2)CC1. The van der Waals surface area contributed by atoms with Gasteiger partial charge in [-0.05, 0) is 36.4 Å². The minimum Gasteiger partial charge on any atom is -0.379 e. The lowest BCUT2D eigenvalue weighted by molar-refractivity contribution is -0.0976. The number of benzene rings is 1. The molecule has 1 heterocycles. The summed E-state index contributed by atoms with van der Waals surface area (Å²) in [5.41, 5.74) is 7.83. The van der Waals surface area contributed by atoms with Gasteiger partial charge in [0.1, 0.15) is 0 Å². The second-order valence-electron chi connectivity index (χ2n) is 5.04. The van der Waals surface area contributed by atoms with Gasteiger partial charge < -0.3 is 10.5 Å². The van der Waals surface area contributed by atoms with Crippen LogP contribution in [0.1, 0.15) is 18.4 Å². The van der Waals surface area contributed by atoms with E-state index in [1.165, 1.54) is 22.9 Å². The highest BCUT2D eigenvalue weighted by atomic mass is 79.9. The maximum Gasteiger partial charge on any atom is 0.0591 e. The van der Waals surface area contributed by atoms with E-state index in [4.69, 9.17) is 10.5 Å². The summed E-state index contributed by atoms with van der Waals surface area (Å²) in [5.74, 6) is 0. The Morgan fingerprint density at radius 2 is 1.94 bits per heavy atom. The molecule has 1 aromatic carbocycles. The molecule has 86 valence electrons. The van der Waals surface area contributed by atoms with Crippen molar-refractivity contribution in [2.24, 2.45) is 11.1 Å². The Balaban J connectivity index is 2.06. The molecule has 0 bridgehead atoms. The Morgan fingerprint density at radius 3 is 2.38 bits per heavy atom. The number of hydrogen-bond donors (Lipinski definition) is 1. The van der Waals surface area contributed by atoms with E-state index in [-0.39, 0.29) is 5.41 Å². The van der Waals surface area contributed by atoms with Crippen LogP contribution in [0.4, 0.5) is 0 Å². The fourth-order valence-corrected chi connectivity index (χ4v) is 3.60. The zero-order chi connectivity index (χ0) is 11.2. The van der Waals surface area contributed by atoms with Gasteiger partial charge in [0.2, 0.25) is 0 Å². The minimum atomic E-state index is 0.168. The fraction of sp³-hybridized carbons (Fsp3) is 0.538. The highest BCUT2D eigenvalue weighted by Crippen LogP contribution is 2.62. The van der Waals surface area contributed by atoms with Crippen LogP contribution >= 0.6 is 15.9 Å². The number of rotatable bonds is 3. The molecular formula is C13H16BrNO. The third kappa shape index (κ3) is 1.25. The molecule has 0 radical (unpaired) electrons. The van der Waals surface area contributed by atoms with Gasteiger partial charge in [0.05, 0.1) is 13.2 Å². The van der Waals surface area contributed by atoms with Crippen LogP contribution in [0, 0.1) is 5.41 Å². The maximum atomic E-state index is 5.98. The fourth-order valence-electron chi connectivity index (χ4n) is 2.93. The molecule has 0 aromatic heterocycles. The predicted molar refractivity (Wildman–Crippen MR) is 67.4 cm³/mol. The average Bonchev–Trinajstić information content (AvgIpc) is 3.01. The van der Waals surface area contributed by atoms with E-state index in [0.29, 0.717) is 5.41 Å². The van der Waals surface area contributed by atoms with Crippen LogP contribution in [0.2, 0.25) is 0 Å². The van der Waals surface area contributed by atoms with Crippen LogP contribution in [0.5, 0.6) is 0 Å². The molecular weight excluding hydrogens is 266 g/mol. The number of halogens is 1. The summed E-state index contributed by atoms with van der Waals surface area (Å²) in [6, 6.07) is 8.49. The smallest absolute Gasteiger partial charge is 0.0591 e. The molecule has 1 aliphatic carbocycles. The van der Waals surface area contributed by atoms with E-state index >= 15 is 0 Å². The quantitative estimate of drug-likeness (QED) is 0.924. The van der Waals surface area contributed by atoms with Crippen LogP contribution in [-0.4, -0.2) is 19.8 Å². The van der Waals surface area contributed by atoms with Crippen molar-refractivity contribution in [1.29, 1.82) is 0 Å². The molecule has 2 aliphatic rings. The Labute approximate surface area is 104 Å². The molecule has 3 heteroatoms. The zero-order valence-electron chi connectivity index (χ0n) is 9.21. The topological polar surface area (TPSA) is 35.2 Å². The Kier molecular flexibility index (Phi) is 2.39. The molecule has 2 nitrogen and oxygen atoms in total. The van der Waals surface area contributed by atoms with Crippen molar-refractivity contribution in [1.82, 2.24) is 0 Å². The first-order valence-corrected chi connectivity index (χ1v) is 6.56. The van der Waals surface area contributed by atoms with Gasteiger partial charge in [-0.2, -0.15) is 0 Å². The Morgan fingerprint density at radius 1 is 1.25 bits per heavy atom. The molecule has 0 spiro atoms. The summed E-state index contributed by atoms with van der Waals surface area (Å²) in [6.07, 6.45) is 2.49. The molecule has 1 saturated heterocycles. The van der Waals surface area contributed by atoms with Crippen molar-refractivity contribution >= 4 is 15.9 Å². The first-order chi connectivity index (χ1) is 7.74. The van der Waals surface area contributed by atoms with Gasteiger partial charge in [0.15, 0.2) is 0 Å². The van der Waals surface area contributed by atoms with Crippen molar-refractivity contribution in [3.8, 4) is 0 Å². The van der Waals surface area contributed by atoms with E-state index in [9.17, 15) is 0 Å². The summed E-state index contributed by atoms with van der Waals surface area (Å²) in [7, 11) is 0. The van der Waals surface area contributed by atoms with Gasteiger partial charge in [0.25, 0.3) is 0 Å². The molecule has 2 fully saturated rings. The monoisotopic (exact) mass is 281 g/mol. The van der Waals surface area contributed by atoms with Gasteiger partial charge in [0, 0.05) is 9.89 Å². The molecule has 0 amide bonds. The average molecular weight is 282 g/mol. The lowest BCUT2D eigenvalue weighted by atomic mass is 9.66. The molecule has 3 rings (SSSR count). The van der Waals surface area contributed by atoms with Crippen LogP contribution in [0.25, 0.3) is 0 Å². The Bertz CT molecular complexity index is 410. The number of ether oxygens (including phenoxy) is 1. The minimum absolute atomic E-state index is 0.168. The first kappa shape index (κ1) is 10.8. The summed E-state index contributed by atoms with van der Waals surface area (Å²) >= 11 is 3.66. The van der Waals surface area contributed by atoms with E-state index in [1.807, 2.05) is 0 Å². The van der Waals surface area contributed by atoms with Gasteiger partial charge in [-0.3, -0.25) is 0 Å². The normalized spacial score (nSPS) is 24.9. The first-order valence-electron chi connectivity index (χ1n) is 5.77. The largest absolute Gasteiger partial charge is 0.379 e. The molecule has 0 atom stereocenters. The number of nitrogens with two attached hydrogens (primary N) is 1. The molecule has 16 heavy (non-hydrogen) atoms. The summed E-state index contributed by atoms with van der Waals surface area (Å²) in [6.45, 7) is 2.43. The Hall–Kier alpha value is -0.380. The molecule has 1 aliphatic heterocycles. The molecule has 1 saturated carbocycles. The second-order valence-corrected chi connectivity index (χ2v) is 5.89. The van der Waals surface area contributed by atoms with E-state index in [0.717, 1.165) is 19.8 Å². The van der Waals surface area contributed by atoms with Crippen LogP contribution in [0.3, 0.4) is 0 Å². The summed E-state index contributed by atoms with van der Waals surface area (Å²) < 4.78 is 6.69. The van der Waals surface area contributed by atoms with Crippen LogP contribution in [-0.2, 0) is 10.2 Å². The van der Waals surface area contributed by atoms with E-state index < -0.39 is 0 Å². The zero-order valence-corrected chi connectivity index (χ0v) is 10.8. The third-order valence-electron chi connectivity index (χ3n) is 4.35. The van der Waals surface area contributed by atoms with Gasteiger partial charge >= 0.3 is 0 Å². The van der Waals surface area contributed by atoms with Crippen molar-refractivity contribution < 1.29 is 4.74 Å². The molecule has 2 N–H and O–H groups in total. The lowest BCUT2D eigenvalue weighted by Crippen LogP contribution is -2.56. The van der Waals surface area contributed by atoms with Gasteiger partial charge in [-0.1, -0.05) is 34.1 Å². The van der Waals surface area contributed by atoms with Crippen molar-refractivity contribution in [2.75, 3.05) is 19.8 Å². The van der Waals surface area contributed by atoms with Gasteiger partial charge in [-0.25, -0.2) is 0 Å². The van der Waals surface area contributed by atoms with Crippen molar-refractivity contribution in [3.63, 3.8) is 0 Å². The predicted octanol–water partition coefficient (Wildman–Crippen LogP) is 2.46. The third-order valence-corrected chi connectivity index (χ3v) is 5.04. The molecule has 0 unspecified atom stereocenters. The van der Waals surface area contributed by atoms with Crippen molar-refractivity contribution in [3.05, 3.63) is 34.3 Å². The van der Waals surface area contributed by atoms with Gasteiger partial charge in [-0.15, -0.1) is 0 Å². The standard InChI is InChI=1S/C13H16BrNO/c14-11-4-2-1-3-10(11)13(8-16-9-13)12(7-15)5-6-12/h1-4H,5-9,15H2. The van der Waals surface area contributed by atoms with E-state index in [2.05, 4.69) is 40.2 Å². The second kappa shape index (κ2) is 3.56. The van der Waals surface area contributed by atoms with Crippen LogP contribution < -0.4 is 5.73 Å². The molecule has 1 aromatic rings. The van der Waals surface area contributed by atoms with Crippen molar-refractivity contribution in [2.45, 2.75) is 18.3 Å². The highest BCUT2D eigenvalue weighted by molar-refractivity contribution is 9.10. The number of hydrogen-bond acceptors (Lipinski definition) is 2. The van der Waals surface area contributed by atoms with Crippen LogP contribution in [0.15, 0.2) is 28.7 Å². The summed E-state index contributed by atoms with van der Waals surface area (Å²) in [4.78, 5) is 0. The highest BCUT2D eigenvalue weighted by Gasteiger charge is 2.63. The lowest BCUT2D eigenvalue weighted by Gasteiger charge is -2.48.